The number of carboxylic acids is 1. The number of carbonyl (C=O) groups is 2. The molecule has 344 valence electrons. The third-order valence-corrected chi connectivity index (χ3v) is 11.9. The van der Waals surface area contributed by atoms with Gasteiger partial charge in [0.25, 0.3) is 5.91 Å². The van der Waals surface area contributed by atoms with Crippen LogP contribution in [0.15, 0.2) is 106 Å². The van der Waals surface area contributed by atoms with E-state index in [2.05, 4.69) is 47.4 Å². The normalized spacial score (nSPS) is 14.1. The maximum atomic E-state index is 13.2. The second-order valence-corrected chi connectivity index (χ2v) is 17.5. The number of nitrogens with one attached hydrogen (secondary N) is 1. The molecule has 2 atom stereocenters. The maximum absolute atomic E-state index is 13.2. The van der Waals surface area contributed by atoms with Crippen LogP contribution in [0.1, 0.15) is 91.4 Å². The number of hydrogen-bond acceptors (Lipinski definition) is 7. The number of aryl methyl sites for hydroxylation is 2. The van der Waals surface area contributed by atoms with Gasteiger partial charge in [-0.15, -0.1) is 0 Å². The van der Waals surface area contributed by atoms with Crippen molar-refractivity contribution in [1.29, 1.82) is 0 Å². The molecule has 0 fully saturated rings. The summed E-state index contributed by atoms with van der Waals surface area (Å²) in [6, 6.07) is 25.7. The second kappa shape index (κ2) is 20.2. The number of aromatic carboxylic acids is 1. The number of fused-ring (bicyclic) bond motifs is 2. The molecule has 4 aromatic carbocycles. The van der Waals surface area contributed by atoms with Crippen LogP contribution in [0.25, 0.3) is 0 Å². The quantitative estimate of drug-likeness (QED) is 0.122. The van der Waals surface area contributed by atoms with Crippen LogP contribution in [0.2, 0.25) is 0 Å². The summed E-state index contributed by atoms with van der Waals surface area (Å²) in [5.74, 6) is -0.0700. The first-order valence-corrected chi connectivity index (χ1v) is 22.0. The lowest BCUT2D eigenvalue weighted by atomic mass is 10.1. The minimum Gasteiger partial charge on any atom is -0.477 e. The molecule has 65 heavy (non-hydrogen) atoms. The Bertz CT molecular complexity index is 2600. The predicted octanol–water partition coefficient (Wildman–Crippen LogP) is 10.9. The lowest BCUT2D eigenvalue weighted by Crippen LogP contribution is -2.29. The van der Waals surface area contributed by atoms with Crippen molar-refractivity contribution in [2.75, 3.05) is 22.9 Å². The fourth-order valence-electron chi connectivity index (χ4n) is 7.47. The summed E-state index contributed by atoms with van der Waals surface area (Å²) in [5, 5.41) is 21.1. The first-order valence-electron chi connectivity index (χ1n) is 20.4. The molecule has 0 aliphatic carbocycles. The van der Waals surface area contributed by atoms with Crippen LogP contribution in [0.5, 0.6) is 0 Å². The van der Waals surface area contributed by atoms with Crippen molar-refractivity contribution in [1.82, 2.24) is 24.9 Å². The number of anilines is 2. The molecule has 0 saturated carbocycles. The third kappa shape index (κ3) is 12.0. The highest BCUT2D eigenvalue weighted by atomic mass is 79.9. The van der Waals surface area contributed by atoms with Crippen LogP contribution in [0, 0.1) is 13.8 Å². The van der Waals surface area contributed by atoms with Gasteiger partial charge in [0, 0.05) is 41.2 Å². The van der Waals surface area contributed by atoms with Gasteiger partial charge in [-0.3, -0.25) is 4.79 Å². The van der Waals surface area contributed by atoms with Crippen molar-refractivity contribution in [2.24, 2.45) is 5.73 Å². The molecule has 2 aliphatic heterocycles. The van der Waals surface area contributed by atoms with E-state index in [0.717, 1.165) is 44.3 Å². The van der Waals surface area contributed by atoms with Gasteiger partial charge in [-0.2, -0.15) is 36.5 Å². The molecular formula is C46H46Br2F6N8O3. The summed E-state index contributed by atoms with van der Waals surface area (Å²) in [6.07, 6.45) is -8.73. The molecule has 0 unspecified atom stereocenters. The van der Waals surface area contributed by atoms with E-state index in [1.54, 1.807) is 23.2 Å². The molecule has 2 aliphatic rings. The summed E-state index contributed by atoms with van der Waals surface area (Å²) < 4.78 is 81.7. The number of rotatable bonds is 9. The molecule has 4 N–H and O–H groups in total. The third-order valence-electron chi connectivity index (χ3n) is 10.8. The Morgan fingerprint density at radius 2 is 1.03 bits per heavy atom. The number of amides is 1. The van der Waals surface area contributed by atoms with Crippen LogP contribution in [0.3, 0.4) is 0 Å². The standard InChI is InChI=1S/C23H22BrF3N4O.C15H14F3N3O2.C8H10BrN/c1-14(17-5-9-19(24)10-6-17)28-21(32)20-15(2)29-31-12-11-30(22(20)31)13-16-3-7-18(8-4-16)23(25,26)27;1-9-12(14(22)23)13-20(6-7-21(13)19-9)8-10-2-4-11(5-3-10)15(16,17)18;1-6(10)7-2-4-8(9)5-3-7/h3-10,14H,11-13H2,1-2H3,(H,28,32);2-5H,6-8H2,1H3,(H,22,23);2-6H,10H2,1H3/t14-;;6-/m0.0/s1. The van der Waals surface area contributed by atoms with E-state index in [1.807, 2.05) is 72.2 Å². The predicted molar refractivity (Wildman–Crippen MR) is 243 cm³/mol. The zero-order valence-electron chi connectivity index (χ0n) is 35.7. The Morgan fingerprint density at radius 1 is 0.646 bits per heavy atom. The van der Waals surface area contributed by atoms with E-state index in [-0.39, 0.29) is 23.6 Å². The van der Waals surface area contributed by atoms with Crippen LogP contribution in [-0.2, 0) is 38.5 Å². The van der Waals surface area contributed by atoms with Gasteiger partial charge >= 0.3 is 18.3 Å². The zero-order chi connectivity index (χ0) is 47.4. The summed E-state index contributed by atoms with van der Waals surface area (Å²) in [5.41, 5.74) is 9.54. The monoisotopic (exact) mass is 1030 g/mol. The van der Waals surface area contributed by atoms with Crippen molar-refractivity contribution >= 4 is 55.4 Å². The number of carboxylic acid groups (broad SMARTS) is 1. The molecular weight excluding hydrogens is 986 g/mol. The van der Waals surface area contributed by atoms with Crippen LogP contribution in [0.4, 0.5) is 38.0 Å². The van der Waals surface area contributed by atoms with Crippen LogP contribution < -0.4 is 20.9 Å². The average Bonchev–Trinajstić information content (AvgIpc) is 3.99. The van der Waals surface area contributed by atoms with Crippen molar-refractivity contribution < 1.29 is 41.0 Å². The molecule has 8 rings (SSSR count). The van der Waals surface area contributed by atoms with E-state index in [1.165, 1.54) is 29.8 Å². The molecule has 0 radical (unpaired) electrons. The fourth-order valence-corrected chi connectivity index (χ4v) is 8.00. The summed E-state index contributed by atoms with van der Waals surface area (Å²) >= 11 is 6.76. The number of alkyl halides is 6. The molecule has 11 nitrogen and oxygen atoms in total. The maximum Gasteiger partial charge on any atom is 0.416 e. The molecule has 2 aromatic heterocycles. The first kappa shape index (κ1) is 48.8. The van der Waals surface area contributed by atoms with Crippen molar-refractivity contribution in [3.05, 3.63) is 162 Å². The van der Waals surface area contributed by atoms with E-state index in [0.29, 0.717) is 73.4 Å². The number of halogens is 8. The average molecular weight is 1030 g/mol. The van der Waals surface area contributed by atoms with Crippen LogP contribution in [-0.4, -0.2) is 49.6 Å². The van der Waals surface area contributed by atoms with Gasteiger partial charge < -0.3 is 26.0 Å². The van der Waals surface area contributed by atoms with Crippen molar-refractivity contribution in [2.45, 2.75) is 78.3 Å². The first-order chi connectivity index (χ1) is 30.6. The Hall–Kier alpha value is -5.66. The molecule has 6 aromatic rings. The van der Waals surface area contributed by atoms with Crippen molar-refractivity contribution in [3.63, 3.8) is 0 Å². The van der Waals surface area contributed by atoms with E-state index < -0.39 is 29.4 Å². The van der Waals surface area contributed by atoms with E-state index >= 15 is 0 Å². The number of aromatic nitrogens is 4. The van der Waals surface area contributed by atoms with Gasteiger partial charge in [0.2, 0.25) is 0 Å². The van der Waals surface area contributed by atoms with Gasteiger partial charge in [0.1, 0.15) is 22.8 Å². The zero-order valence-corrected chi connectivity index (χ0v) is 38.9. The van der Waals surface area contributed by atoms with Gasteiger partial charge in [-0.05, 0) is 98.5 Å². The lowest BCUT2D eigenvalue weighted by Gasteiger charge is -2.20. The van der Waals surface area contributed by atoms with Crippen molar-refractivity contribution in [3.8, 4) is 0 Å². The largest absolute Gasteiger partial charge is 0.477 e. The fraction of sp³-hybridized carbons (Fsp3) is 0.304. The smallest absolute Gasteiger partial charge is 0.416 e. The number of hydrogen-bond donors (Lipinski definition) is 3. The molecule has 1 amide bonds. The van der Waals surface area contributed by atoms with Gasteiger partial charge in [-0.1, -0.05) is 80.4 Å². The Morgan fingerprint density at radius 3 is 1.42 bits per heavy atom. The second-order valence-electron chi connectivity index (χ2n) is 15.6. The molecule has 4 heterocycles. The summed E-state index contributed by atoms with van der Waals surface area (Å²) in [7, 11) is 0. The number of nitrogens with zero attached hydrogens (tertiary/aromatic N) is 6. The topological polar surface area (TPSA) is 135 Å². The van der Waals surface area contributed by atoms with Gasteiger partial charge in [0.15, 0.2) is 0 Å². The Labute approximate surface area is 388 Å². The molecule has 0 bridgehead atoms. The molecule has 19 heteroatoms. The highest BCUT2D eigenvalue weighted by Gasteiger charge is 2.34. The Balaban J connectivity index is 0.000000184. The lowest BCUT2D eigenvalue weighted by molar-refractivity contribution is -0.138. The SMILES string of the molecule is C[C@H](N)c1ccc(Br)cc1.Cc1nn2c(c1C(=O)N[C@@H](C)c1ccc(Br)cc1)N(Cc1ccc(C(F)(F)F)cc1)CC2.Cc1nn2c(c1C(=O)O)N(Cc1ccc(C(F)(F)F)cc1)CC2. The molecule has 0 saturated heterocycles. The minimum atomic E-state index is -4.36. The van der Waals surface area contributed by atoms with Crippen LogP contribution >= 0.6 is 31.9 Å². The Kier molecular flexibility index (Phi) is 15.2. The van der Waals surface area contributed by atoms with Gasteiger partial charge in [0.05, 0.1) is 41.6 Å². The highest BCUT2D eigenvalue weighted by molar-refractivity contribution is 9.10. The van der Waals surface area contributed by atoms with Gasteiger partial charge in [-0.25, -0.2) is 14.2 Å². The number of benzene rings is 4. The summed E-state index contributed by atoms with van der Waals surface area (Å²) in [4.78, 5) is 28.4. The highest BCUT2D eigenvalue weighted by Crippen LogP contribution is 2.34. The summed E-state index contributed by atoms with van der Waals surface area (Å²) in [6.45, 7) is 10.4. The molecule has 0 spiro atoms. The van der Waals surface area contributed by atoms with E-state index in [9.17, 15) is 41.0 Å². The minimum absolute atomic E-state index is 0.132. The number of nitrogens with two attached hydrogens (primary N) is 1. The number of carbonyl (C=O) groups excluding carboxylic acids is 1. The van der Waals surface area contributed by atoms with E-state index in [4.69, 9.17) is 5.73 Å².